The van der Waals surface area contributed by atoms with E-state index in [1.54, 1.807) is 6.07 Å². The number of hydrogen-bond acceptors (Lipinski definition) is 3. The lowest BCUT2D eigenvalue weighted by Gasteiger charge is -2.10. The number of carboxylic acid groups (broad SMARTS) is 1. The van der Waals surface area contributed by atoms with Crippen molar-refractivity contribution in [1.29, 1.82) is 5.26 Å². The third-order valence-electron chi connectivity index (χ3n) is 2.07. The standard InChI is InChI=1S/C10H7ClF2N2O2/c11-2-5-4-15-7(1-8(16)17)9(10(12)13)6(5)3-14/h4,10H,1-2H2,(H,16,17). The minimum absolute atomic E-state index is 0.136. The topological polar surface area (TPSA) is 74.0 Å². The van der Waals surface area contributed by atoms with Crippen molar-refractivity contribution in [3.63, 3.8) is 0 Å². The van der Waals surface area contributed by atoms with Gasteiger partial charge in [-0.15, -0.1) is 11.6 Å². The van der Waals surface area contributed by atoms with Gasteiger partial charge in [-0.1, -0.05) is 0 Å². The summed E-state index contributed by atoms with van der Waals surface area (Å²) in [5.41, 5.74) is -1.08. The molecule has 0 atom stereocenters. The predicted octanol–water partition coefficient (Wildman–Crippen LogP) is 2.26. The third kappa shape index (κ3) is 2.88. The average Bonchev–Trinajstić information content (AvgIpc) is 2.26. The second kappa shape index (κ2) is 5.55. The van der Waals surface area contributed by atoms with Crippen molar-refractivity contribution in [2.75, 3.05) is 0 Å². The lowest BCUT2D eigenvalue weighted by atomic mass is 10.0. The molecule has 7 heteroatoms. The van der Waals surface area contributed by atoms with Crippen LogP contribution < -0.4 is 0 Å². The number of aromatic nitrogens is 1. The third-order valence-corrected chi connectivity index (χ3v) is 2.36. The maximum absolute atomic E-state index is 12.8. The number of carboxylic acids is 1. The highest BCUT2D eigenvalue weighted by molar-refractivity contribution is 6.17. The first-order valence-electron chi connectivity index (χ1n) is 4.47. The Hall–Kier alpha value is -1.74. The van der Waals surface area contributed by atoms with Gasteiger partial charge in [0.25, 0.3) is 6.43 Å². The Morgan fingerprint density at radius 3 is 2.71 bits per heavy atom. The fraction of sp³-hybridized carbons (Fsp3) is 0.300. The van der Waals surface area contributed by atoms with E-state index in [-0.39, 0.29) is 22.7 Å². The van der Waals surface area contributed by atoms with Gasteiger partial charge in [-0.05, 0) is 0 Å². The maximum atomic E-state index is 12.8. The summed E-state index contributed by atoms with van der Waals surface area (Å²) >= 11 is 5.49. The Kier molecular flexibility index (Phi) is 4.35. The Bertz CT molecular complexity index is 486. The van der Waals surface area contributed by atoms with E-state index in [1.807, 2.05) is 0 Å². The number of carbonyl (C=O) groups is 1. The molecule has 1 N–H and O–H groups in total. The van der Waals surface area contributed by atoms with Gasteiger partial charge in [0.05, 0.1) is 29.1 Å². The zero-order chi connectivity index (χ0) is 13.0. The van der Waals surface area contributed by atoms with Gasteiger partial charge in [-0.25, -0.2) is 8.78 Å². The van der Waals surface area contributed by atoms with Gasteiger partial charge in [0.2, 0.25) is 0 Å². The van der Waals surface area contributed by atoms with Crippen molar-refractivity contribution >= 4 is 17.6 Å². The summed E-state index contributed by atoms with van der Waals surface area (Å²) in [6, 6.07) is 1.61. The number of halogens is 3. The minimum Gasteiger partial charge on any atom is -0.481 e. The number of nitrogens with zero attached hydrogens (tertiary/aromatic N) is 2. The highest BCUT2D eigenvalue weighted by Gasteiger charge is 2.23. The highest BCUT2D eigenvalue weighted by atomic mass is 35.5. The second-order valence-electron chi connectivity index (χ2n) is 3.14. The van der Waals surface area contributed by atoms with Crippen LogP contribution in [-0.2, 0) is 17.1 Å². The molecule has 0 fully saturated rings. The van der Waals surface area contributed by atoms with Crippen LogP contribution in [0.4, 0.5) is 8.78 Å². The van der Waals surface area contributed by atoms with Crippen LogP contribution in [0.25, 0.3) is 0 Å². The summed E-state index contributed by atoms with van der Waals surface area (Å²) in [6.07, 6.45) is -2.47. The molecule has 0 aliphatic heterocycles. The molecule has 1 aromatic rings. The van der Waals surface area contributed by atoms with E-state index in [0.717, 1.165) is 6.20 Å². The molecule has 0 spiro atoms. The molecule has 90 valence electrons. The molecule has 17 heavy (non-hydrogen) atoms. The van der Waals surface area contributed by atoms with Crippen molar-refractivity contribution < 1.29 is 18.7 Å². The maximum Gasteiger partial charge on any atom is 0.309 e. The molecule has 0 bridgehead atoms. The molecule has 1 aromatic heterocycles. The van der Waals surface area contributed by atoms with E-state index in [0.29, 0.717) is 0 Å². The fourth-order valence-electron chi connectivity index (χ4n) is 1.36. The van der Waals surface area contributed by atoms with Gasteiger partial charge >= 0.3 is 5.97 Å². The van der Waals surface area contributed by atoms with Crippen molar-refractivity contribution in [2.45, 2.75) is 18.7 Å². The van der Waals surface area contributed by atoms with Crippen LogP contribution in [-0.4, -0.2) is 16.1 Å². The first kappa shape index (κ1) is 13.3. The molecule has 0 saturated heterocycles. The average molecular weight is 261 g/mol. The van der Waals surface area contributed by atoms with Crippen LogP contribution in [0.5, 0.6) is 0 Å². The smallest absolute Gasteiger partial charge is 0.309 e. The summed E-state index contributed by atoms with van der Waals surface area (Å²) in [6.45, 7) is 0. The number of aliphatic carboxylic acids is 1. The number of hydrogen-bond donors (Lipinski definition) is 1. The zero-order valence-corrected chi connectivity index (χ0v) is 9.21. The van der Waals surface area contributed by atoms with E-state index in [1.165, 1.54) is 0 Å². The Labute approximate surface area is 100 Å². The van der Waals surface area contributed by atoms with E-state index in [9.17, 15) is 13.6 Å². The first-order chi connectivity index (χ1) is 8.01. The summed E-state index contributed by atoms with van der Waals surface area (Å²) in [5, 5.41) is 17.4. The summed E-state index contributed by atoms with van der Waals surface area (Å²) in [5.74, 6) is -1.43. The van der Waals surface area contributed by atoms with Crippen molar-refractivity contribution in [3.05, 3.63) is 28.6 Å². The van der Waals surface area contributed by atoms with E-state index < -0.39 is 24.4 Å². The number of rotatable bonds is 4. The van der Waals surface area contributed by atoms with Gasteiger partial charge in [-0.2, -0.15) is 5.26 Å². The van der Waals surface area contributed by atoms with Crippen LogP contribution in [0.3, 0.4) is 0 Å². The van der Waals surface area contributed by atoms with Crippen LogP contribution in [0.1, 0.15) is 28.8 Å². The molecule has 1 rings (SSSR count). The number of nitriles is 1. The van der Waals surface area contributed by atoms with Crippen LogP contribution in [0, 0.1) is 11.3 Å². The van der Waals surface area contributed by atoms with Gasteiger partial charge < -0.3 is 5.11 Å². The molecule has 0 unspecified atom stereocenters. The molecule has 1 heterocycles. The van der Waals surface area contributed by atoms with Gasteiger partial charge in [-0.3, -0.25) is 9.78 Å². The van der Waals surface area contributed by atoms with Crippen molar-refractivity contribution in [3.8, 4) is 6.07 Å². The summed E-state index contributed by atoms with van der Waals surface area (Å²) < 4.78 is 25.6. The molecular formula is C10H7ClF2N2O2. The van der Waals surface area contributed by atoms with Crippen LogP contribution in [0.15, 0.2) is 6.20 Å². The summed E-state index contributed by atoms with van der Waals surface area (Å²) in [4.78, 5) is 14.1. The highest BCUT2D eigenvalue weighted by Crippen LogP contribution is 2.28. The molecule has 0 aromatic carbocycles. The zero-order valence-electron chi connectivity index (χ0n) is 8.45. The number of pyridine rings is 1. The molecule has 0 amide bonds. The number of alkyl halides is 3. The van der Waals surface area contributed by atoms with Crippen molar-refractivity contribution in [2.24, 2.45) is 0 Å². The monoisotopic (exact) mass is 260 g/mol. The molecular weight excluding hydrogens is 254 g/mol. The summed E-state index contributed by atoms with van der Waals surface area (Å²) in [7, 11) is 0. The lowest BCUT2D eigenvalue weighted by Crippen LogP contribution is -2.10. The normalized spacial score (nSPS) is 10.3. The van der Waals surface area contributed by atoms with Crippen LogP contribution >= 0.6 is 11.6 Å². The molecule has 0 aliphatic rings. The SMILES string of the molecule is N#Cc1c(CCl)cnc(CC(=O)O)c1C(F)F. The first-order valence-corrected chi connectivity index (χ1v) is 5.01. The van der Waals surface area contributed by atoms with Gasteiger partial charge in [0, 0.05) is 11.8 Å². The van der Waals surface area contributed by atoms with Crippen molar-refractivity contribution in [1.82, 2.24) is 4.98 Å². The Morgan fingerprint density at radius 1 is 1.65 bits per heavy atom. The predicted molar refractivity (Wildman–Crippen MR) is 54.8 cm³/mol. The Morgan fingerprint density at radius 2 is 2.29 bits per heavy atom. The molecule has 0 radical (unpaired) electrons. The quantitative estimate of drug-likeness (QED) is 0.843. The molecule has 4 nitrogen and oxygen atoms in total. The van der Waals surface area contributed by atoms with E-state index in [4.69, 9.17) is 22.0 Å². The van der Waals surface area contributed by atoms with Gasteiger partial charge in [0.1, 0.15) is 6.07 Å². The van der Waals surface area contributed by atoms with E-state index in [2.05, 4.69) is 4.98 Å². The second-order valence-corrected chi connectivity index (χ2v) is 3.40. The largest absolute Gasteiger partial charge is 0.481 e. The lowest BCUT2D eigenvalue weighted by molar-refractivity contribution is -0.136. The Balaban J connectivity index is 3.43. The fourth-order valence-corrected chi connectivity index (χ4v) is 1.56. The molecule has 0 saturated carbocycles. The van der Waals surface area contributed by atoms with Gasteiger partial charge in [0.15, 0.2) is 0 Å². The minimum atomic E-state index is -2.96. The van der Waals surface area contributed by atoms with E-state index >= 15 is 0 Å². The van der Waals surface area contributed by atoms with Crippen LogP contribution in [0.2, 0.25) is 0 Å². The molecule has 0 aliphatic carbocycles.